The van der Waals surface area contributed by atoms with Crippen LogP contribution >= 0.6 is 0 Å². The van der Waals surface area contributed by atoms with Crippen LogP contribution in [0.1, 0.15) is 40.5 Å². The fourth-order valence-corrected chi connectivity index (χ4v) is 0.963. The molecule has 6 nitrogen and oxygen atoms in total. The third kappa shape index (κ3) is 7.28. The maximum Gasteiger partial charge on any atom is 0.425 e. The number of esters is 3. The highest BCUT2D eigenvalue weighted by Crippen LogP contribution is 2.23. The SMILES string of the molecule is CCC(C)(C)C(=O)OCOC(=O)CC(=O)OC(C)C(F)(F)F. The minimum absolute atomic E-state index is 0.501. The Morgan fingerprint density at radius 1 is 1.05 bits per heavy atom. The molecule has 9 heteroatoms. The largest absolute Gasteiger partial charge is 0.453 e. The second kappa shape index (κ2) is 8.00. The lowest BCUT2D eigenvalue weighted by Crippen LogP contribution is -2.32. The number of carbonyl (C=O) groups excluding carboxylic acids is 3. The average molecular weight is 328 g/mol. The van der Waals surface area contributed by atoms with Crippen LogP contribution in [0.3, 0.4) is 0 Å². The molecule has 1 atom stereocenters. The van der Waals surface area contributed by atoms with Crippen LogP contribution in [0.2, 0.25) is 0 Å². The number of alkyl halides is 3. The maximum absolute atomic E-state index is 12.1. The summed E-state index contributed by atoms with van der Waals surface area (Å²) >= 11 is 0. The minimum Gasteiger partial charge on any atom is -0.453 e. The van der Waals surface area contributed by atoms with Crippen molar-refractivity contribution in [3.8, 4) is 0 Å². The van der Waals surface area contributed by atoms with Gasteiger partial charge in [0.15, 0.2) is 6.10 Å². The van der Waals surface area contributed by atoms with Gasteiger partial charge in [0.25, 0.3) is 0 Å². The highest BCUT2D eigenvalue weighted by Gasteiger charge is 2.39. The smallest absolute Gasteiger partial charge is 0.425 e. The molecule has 0 rings (SSSR count). The Labute approximate surface area is 125 Å². The molecule has 0 radical (unpaired) electrons. The van der Waals surface area contributed by atoms with E-state index in [4.69, 9.17) is 0 Å². The molecule has 0 saturated heterocycles. The molecule has 1 unspecified atom stereocenters. The second-order valence-corrected chi connectivity index (χ2v) is 5.15. The molecule has 0 spiro atoms. The molecule has 0 aromatic heterocycles. The number of rotatable bonds is 7. The molecule has 0 heterocycles. The molecule has 0 aliphatic carbocycles. The molecule has 0 aliphatic rings. The van der Waals surface area contributed by atoms with E-state index in [-0.39, 0.29) is 0 Å². The molecule has 128 valence electrons. The Morgan fingerprint density at radius 2 is 1.59 bits per heavy atom. The zero-order valence-electron chi connectivity index (χ0n) is 12.8. The van der Waals surface area contributed by atoms with E-state index in [1.54, 1.807) is 20.8 Å². The van der Waals surface area contributed by atoms with Crippen LogP contribution < -0.4 is 0 Å². The van der Waals surface area contributed by atoms with Crippen LogP contribution in [0, 0.1) is 5.41 Å². The van der Waals surface area contributed by atoms with Crippen molar-refractivity contribution < 1.29 is 41.8 Å². The summed E-state index contributed by atoms with van der Waals surface area (Å²) in [4.78, 5) is 33.8. The van der Waals surface area contributed by atoms with Gasteiger partial charge in [0, 0.05) is 0 Å². The van der Waals surface area contributed by atoms with Gasteiger partial charge in [-0.15, -0.1) is 0 Å². The van der Waals surface area contributed by atoms with Gasteiger partial charge < -0.3 is 14.2 Å². The highest BCUT2D eigenvalue weighted by molar-refractivity contribution is 5.91. The molecule has 0 N–H and O–H groups in total. The van der Waals surface area contributed by atoms with Crippen molar-refractivity contribution in [1.82, 2.24) is 0 Å². The standard InChI is InChI=1S/C13H19F3O6/c1-5-12(3,4)11(19)21-7-20-9(17)6-10(18)22-8(2)13(14,15)16/h8H,5-7H2,1-4H3. The summed E-state index contributed by atoms with van der Waals surface area (Å²) in [6, 6.07) is 0. The summed E-state index contributed by atoms with van der Waals surface area (Å²) in [7, 11) is 0. The van der Waals surface area contributed by atoms with Crippen LogP contribution in [0.5, 0.6) is 0 Å². The molecule has 0 bridgehead atoms. The topological polar surface area (TPSA) is 78.9 Å². The van der Waals surface area contributed by atoms with E-state index >= 15 is 0 Å². The van der Waals surface area contributed by atoms with Crippen LogP contribution in [-0.4, -0.2) is 37.0 Å². The fourth-order valence-electron chi connectivity index (χ4n) is 0.963. The van der Waals surface area contributed by atoms with E-state index in [9.17, 15) is 27.6 Å². The molecule has 0 aliphatic heterocycles. The fraction of sp³-hybridized carbons (Fsp3) is 0.769. The summed E-state index contributed by atoms with van der Waals surface area (Å²) in [5.74, 6) is -3.13. The Morgan fingerprint density at radius 3 is 2.05 bits per heavy atom. The number of ether oxygens (including phenoxy) is 3. The minimum atomic E-state index is -4.71. The molecule has 0 fully saturated rings. The summed E-state index contributed by atoms with van der Waals surface area (Å²) in [5, 5.41) is 0. The molecule has 0 aromatic rings. The summed E-state index contributed by atoms with van der Waals surface area (Å²) in [6.45, 7) is 4.95. The van der Waals surface area contributed by atoms with Gasteiger partial charge in [0.2, 0.25) is 6.79 Å². The molecule has 0 saturated carbocycles. The van der Waals surface area contributed by atoms with E-state index < -0.39 is 48.8 Å². The van der Waals surface area contributed by atoms with Crippen molar-refractivity contribution in [3.63, 3.8) is 0 Å². The first-order valence-corrected chi connectivity index (χ1v) is 6.49. The van der Waals surface area contributed by atoms with Crippen molar-refractivity contribution in [2.24, 2.45) is 5.41 Å². The summed E-state index contributed by atoms with van der Waals surface area (Å²) < 4.78 is 49.5. The molecule has 0 amide bonds. The van der Waals surface area contributed by atoms with Gasteiger partial charge in [0.1, 0.15) is 6.42 Å². The van der Waals surface area contributed by atoms with E-state index in [0.29, 0.717) is 13.3 Å². The maximum atomic E-state index is 12.1. The normalized spacial score (nSPS) is 13.2. The van der Waals surface area contributed by atoms with Gasteiger partial charge in [0.05, 0.1) is 5.41 Å². The number of hydrogen-bond acceptors (Lipinski definition) is 6. The summed E-state index contributed by atoms with van der Waals surface area (Å²) in [5.41, 5.74) is -0.756. The van der Waals surface area contributed by atoms with Crippen LogP contribution in [0.4, 0.5) is 13.2 Å². The Balaban J connectivity index is 4.11. The van der Waals surface area contributed by atoms with Crippen LogP contribution in [0.15, 0.2) is 0 Å². The Kier molecular flexibility index (Phi) is 7.34. The van der Waals surface area contributed by atoms with E-state index in [1.165, 1.54) is 0 Å². The van der Waals surface area contributed by atoms with Crippen molar-refractivity contribution in [3.05, 3.63) is 0 Å². The van der Waals surface area contributed by atoms with E-state index in [2.05, 4.69) is 14.2 Å². The van der Waals surface area contributed by atoms with Gasteiger partial charge in [-0.25, -0.2) is 0 Å². The molecular weight excluding hydrogens is 309 g/mol. The number of carbonyl (C=O) groups is 3. The lowest BCUT2D eigenvalue weighted by molar-refractivity contribution is -0.217. The first-order valence-electron chi connectivity index (χ1n) is 6.49. The van der Waals surface area contributed by atoms with Crippen LogP contribution in [0.25, 0.3) is 0 Å². The van der Waals surface area contributed by atoms with Crippen molar-refractivity contribution in [2.75, 3.05) is 6.79 Å². The van der Waals surface area contributed by atoms with E-state index in [0.717, 1.165) is 0 Å². The van der Waals surface area contributed by atoms with Gasteiger partial charge in [-0.3, -0.25) is 14.4 Å². The third-order valence-corrected chi connectivity index (χ3v) is 2.90. The first kappa shape index (κ1) is 20.2. The van der Waals surface area contributed by atoms with Crippen LogP contribution in [-0.2, 0) is 28.6 Å². The lowest BCUT2D eigenvalue weighted by atomic mass is 9.91. The zero-order valence-corrected chi connectivity index (χ0v) is 12.8. The predicted molar refractivity (Wildman–Crippen MR) is 67.3 cm³/mol. The zero-order chi connectivity index (χ0) is 17.6. The van der Waals surface area contributed by atoms with Gasteiger partial charge >= 0.3 is 24.1 Å². The molecule has 0 aromatic carbocycles. The summed E-state index contributed by atoms with van der Waals surface area (Å²) in [6.07, 6.45) is -7.53. The van der Waals surface area contributed by atoms with Crippen molar-refractivity contribution in [2.45, 2.75) is 52.8 Å². The Hall–Kier alpha value is -1.80. The first-order chi connectivity index (χ1) is 9.90. The van der Waals surface area contributed by atoms with Crippen molar-refractivity contribution >= 4 is 17.9 Å². The molecule has 22 heavy (non-hydrogen) atoms. The van der Waals surface area contributed by atoms with Gasteiger partial charge in [-0.2, -0.15) is 13.2 Å². The lowest BCUT2D eigenvalue weighted by Gasteiger charge is -2.20. The highest BCUT2D eigenvalue weighted by atomic mass is 19.4. The van der Waals surface area contributed by atoms with E-state index in [1.807, 2.05) is 0 Å². The predicted octanol–water partition coefficient (Wildman–Crippen LogP) is 2.35. The molecular formula is C13H19F3O6. The quantitative estimate of drug-likeness (QED) is 0.405. The monoisotopic (exact) mass is 328 g/mol. The average Bonchev–Trinajstić information content (AvgIpc) is 2.36. The van der Waals surface area contributed by atoms with Gasteiger partial charge in [-0.1, -0.05) is 6.92 Å². The van der Waals surface area contributed by atoms with Crippen molar-refractivity contribution in [1.29, 1.82) is 0 Å². The van der Waals surface area contributed by atoms with Gasteiger partial charge in [-0.05, 0) is 27.2 Å². The third-order valence-electron chi connectivity index (χ3n) is 2.90. The Bertz CT molecular complexity index is 416. The second-order valence-electron chi connectivity index (χ2n) is 5.15. The number of hydrogen-bond donors (Lipinski definition) is 0. The number of halogens is 3.